The van der Waals surface area contributed by atoms with Gasteiger partial charge < -0.3 is 15.2 Å². The Morgan fingerprint density at radius 1 is 1.45 bits per heavy atom. The third kappa shape index (κ3) is 3.32. The molecule has 0 aromatic carbocycles. The second kappa shape index (κ2) is 6.77. The standard InChI is InChI=1S/C16H27N5O/c1-11(2)15-20-18-10-21(15)8-7-17-16(22)14-9-12-5-3-4-6-13(12)19-14/h10-14,19H,3-9H2,1-2H3,(H,17,22). The highest BCUT2D eigenvalue weighted by molar-refractivity contribution is 5.82. The van der Waals surface area contributed by atoms with Gasteiger partial charge in [0.25, 0.3) is 0 Å². The molecule has 3 rings (SSSR count). The van der Waals surface area contributed by atoms with Gasteiger partial charge in [0.1, 0.15) is 12.2 Å². The lowest BCUT2D eigenvalue weighted by Gasteiger charge is -2.24. The molecule has 3 unspecified atom stereocenters. The highest BCUT2D eigenvalue weighted by Gasteiger charge is 2.37. The number of fused-ring (bicyclic) bond motifs is 1. The molecular formula is C16H27N5O. The van der Waals surface area contributed by atoms with Crippen molar-refractivity contribution in [3.05, 3.63) is 12.2 Å². The number of hydrogen-bond acceptors (Lipinski definition) is 4. The minimum Gasteiger partial charge on any atom is -0.353 e. The van der Waals surface area contributed by atoms with Crippen molar-refractivity contribution in [3.63, 3.8) is 0 Å². The highest BCUT2D eigenvalue weighted by Crippen LogP contribution is 2.33. The lowest BCUT2D eigenvalue weighted by atomic mass is 9.85. The van der Waals surface area contributed by atoms with Crippen LogP contribution in [0.25, 0.3) is 0 Å². The van der Waals surface area contributed by atoms with Crippen LogP contribution in [-0.2, 0) is 11.3 Å². The second-order valence-corrected chi connectivity index (χ2v) is 6.93. The van der Waals surface area contributed by atoms with E-state index in [1.165, 1.54) is 25.7 Å². The molecule has 6 nitrogen and oxygen atoms in total. The normalized spacial score (nSPS) is 27.9. The molecule has 122 valence electrons. The molecule has 6 heteroatoms. The molecule has 1 aromatic heterocycles. The Balaban J connectivity index is 1.46. The van der Waals surface area contributed by atoms with Gasteiger partial charge in [0.2, 0.25) is 5.91 Å². The zero-order chi connectivity index (χ0) is 15.5. The van der Waals surface area contributed by atoms with Crippen molar-refractivity contribution in [1.82, 2.24) is 25.4 Å². The molecule has 2 fully saturated rings. The predicted octanol–water partition coefficient (Wildman–Crippen LogP) is 1.44. The van der Waals surface area contributed by atoms with Gasteiger partial charge in [-0.2, -0.15) is 0 Å². The van der Waals surface area contributed by atoms with Crippen LogP contribution in [0.5, 0.6) is 0 Å². The van der Waals surface area contributed by atoms with Crippen molar-refractivity contribution in [2.45, 2.75) is 70.5 Å². The van der Waals surface area contributed by atoms with E-state index in [1.54, 1.807) is 6.33 Å². The summed E-state index contributed by atoms with van der Waals surface area (Å²) < 4.78 is 2.02. The van der Waals surface area contributed by atoms with E-state index in [4.69, 9.17) is 0 Å². The van der Waals surface area contributed by atoms with Crippen LogP contribution in [0.1, 0.15) is 57.7 Å². The first-order chi connectivity index (χ1) is 10.6. The number of amides is 1. The lowest BCUT2D eigenvalue weighted by molar-refractivity contribution is -0.122. The summed E-state index contributed by atoms with van der Waals surface area (Å²) in [4.78, 5) is 12.3. The van der Waals surface area contributed by atoms with Gasteiger partial charge >= 0.3 is 0 Å². The Hall–Kier alpha value is -1.43. The molecule has 1 saturated carbocycles. The lowest BCUT2D eigenvalue weighted by Crippen LogP contribution is -2.44. The molecule has 2 heterocycles. The first-order valence-electron chi connectivity index (χ1n) is 8.56. The van der Waals surface area contributed by atoms with Gasteiger partial charge in [0, 0.05) is 25.0 Å². The van der Waals surface area contributed by atoms with E-state index in [2.05, 4.69) is 34.7 Å². The van der Waals surface area contributed by atoms with Gasteiger partial charge in [0.05, 0.1) is 6.04 Å². The van der Waals surface area contributed by atoms with E-state index in [-0.39, 0.29) is 11.9 Å². The fourth-order valence-electron chi connectivity index (χ4n) is 3.83. The molecule has 1 amide bonds. The number of rotatable bonds is 5. The van der Waals surface area contributed by atoms with Gasteiger partial charge in [0.15, 0.2) is 0 Å². The average Bonchev–Trinajstić information content (AvgIpc) is 3.13. The number of carbonyl (C=O) groups excluding carboxylic acids is 1. The largest absolute Gasteiger partial charge is 0.353 e. The Kier molecular flexibility index (Phi) is 4.76. The molecule has 1 saturated heterocycles. The molecule has 0 spiro atoms. The second-order valence-electron chi connectivity index (χ2n) is 6.93. The smallest absolute Gasteiger partial charge is 0.237 e. The zero-order valence-corrected chi connectivity index (χ0v) is 13.6. The summed E-state index contributed by atoms with van der Waals surface area (Å²) in [5, 5.41) is 14.7. The van der Waals surface area contributed by atoms with Gasteiger partial charge in [-0.15, -0.1) is 10.2 Å². The number of nitrogens with one attached hydrogen (secondary N) is 2. The van der Waals surface area contributed by atoms with Crippen LogP contribution in [0, 0.1) is 5.92 Å². The highest BCUT2D eigenvalue weighted by atomic mass is 16.2. The van der Waals surface area contributed by atoms with Crippen molar-refractivity contribution in [1.29, 1.82) is 0 Å². The third-order valence-corrected chi connectivity index (χ3v) is 4.99. The van der Waals surface area contributed by atoms with E-state index in [0.717, 1.165) is 18.8 Å². The zero-order valence-electron chi connectivity index (χ0n) is 13.6. The van der Waals surface area contributed by atoms with Crippen LogP contribution in [0.15, 0.2) is 6.33 Å². The van der Waals surface area contributed by atoms with E-state index >= 15 is 0 Å². The van der Waals surface area contributed by atoms with Gasteiger partial charge in [-0.3, -0.25) is 4.79 Å². The summed E-state index contributed by atoms with van der Waals surface area (Å²) in [5.74, 6) is 2.17. The van der Waals surface area contributed by atoms with Crippen LogP contribution in [-0.4, -0.2) is 39.3 Å². The van der Waals surface area contributed by atoms with E-state index < -0.39 is 0 Å². The first-order valence-corrected chi connectivity index (χ1v) is 8.56. The van der Waals surface area contributed by atoms with Crippen LogP contribution in [0.4, 0.5) is 0 Å². The molecule has 0 bridgehead atoms. The Labute approximate surface area is 132 Å². The Morgan fingerprint density at radius 3 is 3.05 bits per heavy atom. The van der Waals surface area contributed by atoms with Crippen molar-refractivity contribution in [2.75, 3.05) is 6.54 Å². The van der Waals surface area contributed by atoms with E-state index in [9.17, 15) is 4.79 Å². The SMILES string of the molecule is CC(C)c1nncn1CCNC(=O)C1CC2CCCCC2N1. The summed E-state index contributed by atoms with van der Waals surface area (Å²) in [5.41, 5.74) is 0. The van der Waals surface area contributed by atoms with Gasteiger partial charge in [-0.25, -0.2) is 0 Å². The quantitative estimate of drug-likeness (QED) is 0.863. The molecular weight excluding hydrogens is 278 g/mol. The maximum Gasteiger partial charge on any atom is 0.237 e. The molecule has 2 aliphatic rings. The van der Waals surface area contributed by atoms with Crippen molar-refractivity contribution < 1.29 is 4.79 Å². The minimum atomic E-state index is -0.00131. The van der Waals surface area contributed by atoms with E-state index in [1.807, 2.05) is 4.57 Å². The molecule has 0 radical (unpaired) electrons. The maximum absolute atomic E-state index is 12.3. The topological polar surface area (TPSA) is 71.8 Å². The Bertz CT molecular complexity index is 498. The predicted molar refractivity (Wildman–Crippen MR) is 84.4 cm³/mol. The summed E-state index contributed by atoms with van der Waals surface area (Å²) >= 11 is 0. The van der Waals surface area contributed by atoms with Crippen LogP contribution < -0.4 is 10.6 Å². The van der Waals surface area contributed by atoms with Crippen LogP contribution >= 0.6 is 0 Å². The minimum absolute atomic E-state index is 0.00131. The molecule has 1 aromatic rings. The van der Waals surface area contributed by atoms with Crippen molar-refractivity contribution in [3.8, 4) is 0 Å². The molecule has 3 atom stereocenters. The monoisotopic (exact) mass is 305 g/mol. The first kappa shape index (κ1) is 15.5. The number of aromatic nitrogens is 3. The third-order valence-electron chi connectivity index (χ3n) is 4.99. The fourth-order valence-corrected chi connectivity index (χ4v) is 3.83. The molecule has 1 aliphatic heterocycles. The van der Waals surface area contributed by atoms with Crippen molar-refractivity contribution >= 4 is 5.91 Å². The summed E-state index contributed by atoms with van der Waals surface area (Å²) in [6, 6.07) is 0.563. The van der Waals surface area contributed by atoms with Gasteiger partial charge in [-0.05, 0) is 25.2 Å². The maximum atomic E-state index is 12.3. The fraction of sp³-hybridized carbons (Fsp3) is 0.812. The molecule has 1 aliphatic carbocycles. The summed E-state index contributed by atoms with van der Waals surface area (Å²) in [7, 11) is 0. The molecule has 2 N–H and O–H groups in total. The van der Waals surface area contributed by atoms with E-state index in [0.29, 0.717) is 24.4 Å². The van der Waals surface area contributed by atoms with Gasteiger partial charge in [-0.1, -0.05) is 26.7 Å². The summed E-state index contributed by atoms with van der Waals surface area (Å²) in [6.45, 7) is 5.56. The molecule has 22 heavy (non-hydrogen) atoms. The average molecular weight is 305 g/mol. The Morgan fingerprint density at radius 2 is 2.27 bits per heavy atom. The number of carbonyl (C=O) groups is 1. The van der Waals surface area contributed by atoms with Crippen LogP contribution in [0.3, 0.4) is 0 Å². The van der Waals surface area contributed by atoms with Crippen molar-refractivity contribution in [2.24, 2.45) is 5.92 Å². The summed E-state index contributed by atoms with van der Waals surface area (Å²) in [6.07, 6.45) is 7.87. The van der Waals surface area contributed by atoms with Crippen LogP contribution in [0.2, 0.25) is 0 Å². The number of nitrogens with zero attached hydrogens (tertiary/aromatic N) is 3. The number of hydrogen-bond donors (Lipinski definition) is 2.